The fraction of sp³-hybridized carbons (Fsp3) is 0.850. The van der Waals surface area contributed by atoms with Crippen LogP contribution in [0.1, 0.15) is 58.3 Å². The topological polar surface area (TPSA) is 57.7 Å². The second-order valence-electron chi connectivity index (χ2n) is 8.73. The molecule has 0 radical (unpaired) electrons. The largest absolute Gasteiger partial charge is 0.340 e. The molecule has 0 aromatic rings. The predicted octanol–water partition coefficient (Wildman–Crippen LogP) is 2.24. The van der Waals surface area contributed by atoms with Gasteiger partial charge in [-0.05, 0) is 56.8 Å². The van der Waals surface area contributed by atoms with Gasteiger partial charge in [-0.1, -0.05) is 6.92 Å². The van der Waals surface area contributed by atoms with E-state index in [1.807, 2.05) is 16.7 Å². The molecule has 138 valence electrons. The Kier molecular flexibility index (Phi) is 4.59. The van der Waals surface area contributed by atoms with Gasteiger partial charge in [0.15, 0.2) is 0 Å². The number of piperidine rings is 1. The molecular formula is C20H30N2O3. The fourth-order valence-electron chi connectivity index (χ4n) is 5.89. The minimum absolute atomic E-state index is 0.00518. The summed E-state index contributed by atoms with van der Waals surface area (Å²) in [7, 11) is 0. The Morgan fingerprint density at radius 1 is 1.08 bits per heavy atom. The summed E-state index contributed by atoms with van der Waals surface area (Å²) in [5.74, 6) is 2.05. The smallest absolute Gasteiger partial charge is 0.242 e. The van der Waals surface area contributed by atoms with Crippen LogP contribution in [-0.2, 0) is 14.4 Å². The highest BCUT2D eigenvalue weighted by molar-refractivity contribution is 5.87. The number of nitrogens with zero attached hydrogens (tertiary/aromatic N) is 2. The van der Waals surface area contributed by atoms with Crippen LogP contribution in [0.3, 0.4) is 0 Å². The van der Waals surface area contributed by atoms with Crippen LogP contribution in [-0.4, -0.2) is 53.1 Å². The first kappa shape index (κ1) is 17.0. The third-order valence-electron chi connectivity index (χ3n) is 7.07. The van der Waals surface area contributed by atoms with Crippen LogP contribution in [0.5, 0.6) is 0 Å². The van der Waals surface area contributed by atoms with E-state index in [-0.39, 0.29) is 42.0 Å². The minimum Gasteiger partial charge on any atom is -0.340 e. The highest BCUT2D eigenvalue weighted by Gasteiger charge is 2.47. The van der Waals surface area contributed by atoms with Gasteiger partial charge < -0.3 is 9.80 Å². The lowest BCUT2D eigenvalue weighted by Crippen LogP contribution is -2.50. The van der Waals surface area contributed by atoms with Crippen molar-refractivity contribution >= 4 is 17.6 Å². The van der Waals surface area contributed by atoms with Crippen LogP contribution in [0.4, 0.5) is 0 Å². The number of rotatable bonds is 4. The highest BCUT2D eigenvalue weighted by atomic mass is 16.2. The van der Waals surface area contributed by atoms with Crippen molar-refractivity contribution in [3.63, 3.8) is 0 Å². The zero-order valence-corrected chi connectivity index (χ0v) is 15.3. The summed E-state index contributed by atoms with van der Waals surface area (Å²) in [4.78, 5) is 41.6. The lowest BCUT2D eigenvalue weighted by molar-refractivity contribution is -0.145. The zero-order chi connectivity index (χ0) is 17.6. The lowest BCUT2D eigenvalue weighted by Gasteiger charge is -2.39. The second-order valence-corrected chi connectivity index (χ2v) is 8.73. The Hall–Kier alpha value is -1.39. The van der Waals surface area contributed by atoms with E-state index in [2.05, 4.69) is 0 Å². The Morgan fingerprint density at radius 2 is 1.80 bits per heavy atom. The number of Topliss-reactive ketones (excluding diaryl/α,β-unsaturated/α-hetero) is 1. The maximum atomic E-state index is 12.9. The van der Waals surface area contributed by atoms with E-state index in [4.69, 9.17) is 0 Å². The number of hydrogen-bond donors (Lipinski definition) is 0. The van der Waals surface area contributed by atoms with Gasteiger partial charge in [0.05, 0.1) is 0 Å². The molecule has 2 amide bonds. The van der Waals surface area contributed by atoms with Crippen LogP contribution in [0, 0.1) is 23.7 Å². The van der Waals surface area contributed by atoms with Crippen LogP contribution in [0.2, 0.25) is 0 Å². The van der Waals surface area contributed by atoms with Crippen molar-refractivity contribution in [1.82, 2.24) is 9.80 Å². The average Bonchev–Trinajstić information content (AvgIpc) is 2.76. The van der Waals surface area contributed by atoms with Gasteiger partial charge in [0, 0.05) is 37.4 Å². The minimum atomic E-state index is -0.00518. The first-order chi connectivity index (χ1) is 12.0. The monoisotopic (exact) mass is 346 g/mol. The molecule has 4 bridgehead atoms. The van der Waals surface area contributed by atoms with Crippen molar-refractivity contribution in [2.24, 2.45) is 23.7 Å². The van der Waals surface area contributed by atoms with Gasteiger partial charge in [0.1, 0.15) is 12.3 Å². The van der Waals surface area contributed by atoms with Crippen molar-refractivity contribution in [2.45, 2.75) is 64.3 Å². The van der Waals surface area contributed by atoms with Crippen LogP contribution >= 0.6 is 0 Å². The van der Waals surface area contributed by atoms with Crippen molar-refractivity contribution in [2.75, 3.05) is 19.6 Å². The van der Waals surface area contributed by atoms with E-state index >= 15 is 0 Å². The zero-order valence-electron chi connectivity index (χ0n) is 15.3. The fourth-order valence-corrected chi connectivity index (χ4v) is 5.89. The summed E-state index contributed by atoms with van der Waals surface area (Å²) in [6, 6.07) is 0.269. The van der Waals surface area contributed by atoms with Gasteiger partial charge in [-0.2, -0.15) is 0 Å². The molecule has 2 aliphatic carbocycles. The number of hydrogen-bond acceptors (Lipinski definition) is 3. The lowest BCUT2D eigenvalue weighted by atomic mass is 9.68. The predicted molar refractivity (Wildman–Crippen MR) is 93.7 cm³/mol. The molecule has 0 aromatic heterocycles. The standard InChI is InChI=1S/C20H30N2O3/c1-2-18(23)15-4-3-5-21(11-15)19(24)12-22-17-9-13-6-14(10-17)8-16(7-13)20(22)25/h13-17H,2-12H2,1H3. The normalized spacial score (nSPS) is 37.3. The quantitative estimate of drug-likeness (QED) is 0.784. The summed E-state index contributed by atoms with van der Waals surface area (Å²) in [5, 5.41) is 0. The summed E-state index contributed by atoms with van der Waals surface area (Å²) < 4.78 is 0. The number of ketones is 1. The summed E-state index contributed by atoms with van der Waals surface area (Å²) in [5.41, 5.74) is 0. The first-order valence-corrected chi connectivity index (χ1v) is 10.2. The molecule has 5 fully saturated rings. The molecule has 3 unspecified atom stereocenters. The van der Waals surface area contributed by atoms with Gasteiger partial charge in [-0.25, -0.2) is 0 Å². The molecule has 5 nitrogen and oxygen atoms in total. The third-order valence-corrected chi connectivity index (χ3v) is 7.07. The maximum absolute atomic E-state index is 12.9. The van der Waals surface area contributed by atoms with Gasteiger partial charge in [-0.3, -0.25) is 14.4 Å². The van der Waals surface area contributed by atoms with Gasteiger partial charge >= 0.3 is 0 Å². The molecule has 5 heteroatoms. The molecule has 5 aliphatic rings. The molecule has 3 aliphatic heterocycles. The molecule has 5 rings (SSSR count). The number of carbonyl (C=O) groups is 3. The van der Waals surface area contributed by atoms with Crippen molar-refractivity contribution < 1.29 is 14.4 Å². The van der Waals surface area contributed by atoms with Crippen molar-refractivity contribution in [3.8, 4) is 0 Å². The molecule has 3 heterocycles. The van der Waals surface area contributed by atoms with E-state index in [1.54, 1.807) is 0 Å². The Labute approximate surface area is 150 Å². The summed E-state index contributed by atoms with van der Waals surface area (Å²) in [6.07, 6.45) is 7.87. The second kappa shape index (κ2) is 6.73. The van der Waals surface area contributed by atoms with Crippen molar-refractivity contribution in [1.29, 1.82) is 0 Å². The molecule has 0 N–H and O–H groups in total. The van der Waals surface area contributed by atoms with Crippen molar-refractivity contribution in [3.05, 3.63) is 0 Å². The maximum Gasteiger partial charge on any atom is 0.242 e. The Bertz CT molecular complexity index is 561. The van der Waals surface area contributed by atoms with Gasteiger partial charge in [0.25, 0.3) is 0 Å². The summed E-state index contributed by atoms with van der Waals surface area (Å²) >= 11 is 0. The highest BCUT2D eigenvalue weighted by Crippen LogP contribution is 2.47. The molecule has 0 spiro atoms. The Morgan fingerprint density at radius 3 is 2.48 bits per heavy atom. The van der Waals surface area contributed by atoms with Crippen LogP contribution < -0.4 is 0 Å². The van der Waals surface area contributed by atoms with Crippen LogP contribution in [0.15, 0.2) is 0 Å². The Balaban J connectivity index is 1.43. The van der Waals surface area contributed by atoms with Crippen LogP contribution in [0.25, 0.3) is 0 Å². The van der Waals surface area contributed by atoms with E-state index in [9.17, 15) is 14.4 Å². The molecule has 2 saturated carbocycles. The van der Waals surface area contributed by atoms with E-state index < -0.39 is 0 Å². The number of carbonyl (C=O) groups excluding carboxylic acids is 3. The first-order valence-electron chi connectivity index (χ1n) is 10.2. The molecule has 3 atom stereocenters. The van der Waals surface area contributed by atoms with E-state index in [0.29, 0.717) is 24.8 Å². The number of amides is 2. The van der Waals surface area contributed by atoms with Gasteiger partial charge in [0.2, 0.25) is 11.8 Å². The SMILES string of the molecule is CCC(=O)C1CCCN(C(=O)CN2C(=O)C3CC4CC(C3)CC2C4)C1. The van der Waals surface area contributed by atoms with E-state index in [1.165, 1.54) is 6.42 Å². The molecule has 25 heavy (non-hydrogen) atoms. The van der Waals surface area contributed by atoms with Gasteiger partial charge in [-0.15, -0.1) is 0 Å². The average molecular weight is 346 g/mol. The number of fused-ring (bicyclic) bond motifs is 1. The third kappa shape index (κ3) is 3.22. The molecule has 0 aromatic carbocycles. The van der Waals surface area contributed by atoms with E-state index in [0.717, 1.165) is 45.1 Å². The molecule has 3 saturated heterocycles. The molecular weight excluding hydrogens is 316 g/mol. The number of likely N-dealkylation sites (tertiary alicyclic amines) is 1. The summed E-state index contributed by atoms with van der Waals surface area (Å²) in [6.45, 7) is 3.40.